The van der Waals surface area contributed by atoms with E-state index in [1.54, 1.807) is 0 Å². The minimum absolute atomic E-state index is 1.04. The van der Waals surface area contributed by atoms with Gasteiger partial charge < -0.3 is 0 Å². The highest BCUT2D eigenvalue weighted by atomic mass is 13.9. The first-order chi connectivity index (χ1) is 8.86. The van der Waals surface area contributed by atoms with E-state index in [0.29, 0.717) is 0 Å². The van der Waals surface area contributed by atoms with Crippen LogP contribution in [-0.4, -0.2) is 0 Å². The number of hydrogen-bond donors (Lipinski definition) is 0. The molecule has 1 aromatic rings. The molecule has 0 unspecified atom stereocenters. The fourth-order valence-corrected chi connectivity index (χ4v) is 1.21. The van der Waals surface area contributed by atoms with E-state index in [1.165, 1.54) is 11.1 Å². The van der Waals surface area contributed by atoms with Gasteiger partial charge in [-0.25, -0.2) is 0 Å². The van der Waals surface area contributed by atoms with E-state index >= 15 is 0 Å². The molecule has 0 heteroatoms. The zero-order valence-corrected chi connectivity index (χ0v) is 12.6. The molecule has 0 nitrogen and oxygen atoms in total. The number of allylic oxidation sites excluding steroid dienone is 4. The van der Waals surface area contributed by atoms with Crippen molar-refractivity contribution in [3.8, 4) is 0 Å². The molecular formula is C18H28. The van der Waals surface area contributed by atoms with Crippen molar-refractivity contribution in [1.29, 1.82) is 0 Å². The van der Waals surface area contributed by atoms with Crippen LogP contribution in [0.25, 0.3) is 6.08 Å². The molecule has 100 valence electrons. The van der Waals surface area contributed by atoms with Gasteiger partial charge in [0.1, 0.15) is 0 Å². The van der Waals surface area contributed by atoms with Gasteiger partial charge in [-0.1, -0.05) is 95.8 Å². The Bertz CT molecular complexity index is 328. The standard InChI is InChI=1S/C14H16.2C2H6/c1-3-8-13(4-2)11-12-14-9-6-5-7-10-14;2*1-2/h4-12H,2-3H2,1H3;2*1-2H3/b12-11+,13-8+;;. The largest absolute Gasteiger partial charge is 0.0985 e. The monoisotopic (exact) mass is 244 g/mol. The van der Waals surface area contributed by atoms with Gasteiger partial charge in [-0.2, -0.15) is 0 Å². The van der Waals surface area contributed by atoms with Crippen molar-refractivity contribution in [2.45, 2.75) is 41.0 Å². The highest BCUT2D eigenvalue weighted by molar-refractivity contribution is 5.54. The molecule has 0 aromatic heterocycles. The van der Waals surface area contributed by atoms with Crippen LogP contribution in [0.2, 0.25) is 0 Å². The Kier molecular flexibility index (Phi) is 16.1. The Morgan fingerprint density at radius 3 is 2.06 bits per heavy atom. The van der Waals surface area contributed by atoms with Gasteiger partial charge in [-0.15, -0.1) is 0 Å². The molecule has 0 bridgehead atoms. The van der Waals surface area contributed by atoms with Crippen molar-refractivity contribution in [2.75, 3.05) is 0 Å². The predicted octanol–water partition coefficient (Wildman–Crippen LogP) is 6.27. The third-order valence-electron chi connectivity index (χ3n) is 1.94. The smallest absolute Gasteiger partial charge is 0.0256 e. The van der Waals surface area contributed by atoms with Gasteiger partial charge in [0.15, 0.2) is 0 Å². The summed E-state index contributed by atoms with van der Waals surface area (Å²) in [6.07, 6.45) is 9.27. The lowest BCUT2D eigenvalue weighted by molar-refractivity contribution is 1.21. The summed E-state index contributed by atoms with van der Waals surface area (Å²) >= 11 is 0. The molecule has 1 aromatic carbocycles. The van der Waals surface area contributed by atoms with E-state index < -0.39 is 0 Å². The molecule has 18 heavy (non-hydrogen) atoms. The lowest BCUT2D eigenvalue weighted by Crippen LogP contribution is -1.72. The lowest BCUT2D eigenvalue weighted by atomic mass is 10.1. The Balaban J connectivity index is 0. The van der Waals surface area contributed by atoms with Crippen LogP contribution in [0.5, 0.6) is 0 Å². The lowest BCUT2D eigenvalue weighted by Gasteiger charge is -1.93. The third kappa shape index (κ3) is 9.65. The molecule has 0 aliphatic carbocycles. The van der Waals surface area contributed by atoms with Gasteiger partial charge in [0.2, 0.25) is 0 Å². The second-order valence-electron chi connectivity index (χ2n) is 3.06. The fourth-order valence-electron chi connectivity index (χ4n) is 1.21. The molecule has 0 aliphatic rings. The molecule has 0 amide bonds. The van der Waals surface area contributed by atoms with Gasteiger partial charge >= 0.3 is 0 Å². The molecule has 0 atom stereocenters. The molecule has 0 fully saturated rings. The first-order valence-electron chi connectivity index (χ1n) is 6.92. The predicted molar refractivity (Wildman–Crippen MR) is 86.7 cm³/mol. The molecule has 0 aliphatic heterocycles. The van der Waals surface area contributed by atoms with Gasteiger partial charge in [0.05, 0.1) is 0 Å². The fraction of sp³-hybridized carbons (Fsp3) is 0.333. The summed E-state index contributed by atoms with van der Waals surface area (Å²) in [7, 11) is 0. The van der Waals surface area contributed by atoms with Gasteiger partial charge in [-0.05, 0) is 17.6 Å². The van der Waals surface area contributed by atoms with Crippen molar-refractivity contribution in [3.05, 3.63) is 66.3 Å². The summed E-state index contributed by atoms with van der Waals surface area (Å²) in [5, 5.41) is 0. The summed E-state index contributed by atoms with van der Waals surface area (Å²) in [6, 6.07) is 10.3. The van der Waals surface area contributed by atoms with E-state index in [1.807, 2.05) is 52.0 Å². The zero-order chi connectivity index (χ0) is 14.2. The molecule has 0 N–H and O–H groups in total. The highest BCUT2D eigenvalue weighted by Gasteiger charge is 1.84. The second kappa shape index (κ2) is 15.4. The summed E-state index contributed by atoms with van der Waals surface area (Å²) in [6.45, 7) is 13.9. The van der Waals surface area contributed by atoms with Crippen LogP contribution in [0.3, 0.4) is 0 Å². The number of hydrogen-bond acceptors (Lipinski definition) is 0. The van der Waals surface area contributed by atoms with Gasteiger partial charge in [0.25, 0.3) is 0 Å². The van der Waals surface area contributed by atoms with Crippen LogP contribution in [-0.2, 0) is 0 Å². The van der Waals surface area contributed by atoms with E-state index in [-0.39, 0.29) is 0 Å². The average Bonchev–Trinajstić information content (AvgIpc) is 2.49. The van der Waals surface area contributed by atoms with Gasteiger partial charge in [-0.3, -0.25) is 0 Å². The van der Waals surface area contributed by atoms with Crippen LogP contribution in [0, 0.1) is 0 Å². The van der Waals surface area contributed by atoms with Crippen LogP contribution in [0.4, 0.5) is 0 Å². The maximum absolute atomic E-state index is 3.77. The summed E-state index contributed by atoms with van der Waals surface area (Å²) in [5.41, 5.74) is 2.40. The summed E-state index contributed by atoms with van der Waals surface area (Å²) < 4.78 is 0. The molecular weight excluding hydrogens is 216 g/mol. The first-order valence-corrected chi connectivity index (χ1v) is 6.92. The summed E-state index contributed by atoms with van der Waals surface area (Å²) in [4.78, 5) is 0. The Morgan fingerprint density at radius 1 is 1.06 bits per heavy atom. The van der Waals surface area contributed by atoms with Crippen molar-refractivity contribution in [3.63, 3.8) is 0 Å². The average molecular weight is 244 g/mol. The Labute approximate surface area is 114 Å². The van der Waals surface area contributed by atoms with Crippen molar-refractivity contribution in [2.24, 2.45) is 0 Å². The maximum atomic E-state index is 3.77. The minimum Gasteiger partial charge on any atom is -0.0985 e. The van der Waals surface area contributed by atoms with Gasteiger partial charge in [0, 0.05) is 0 Å². The van der Waals surface area contributed by atoms with Crippen molar-refractivity contribution in [1.82, 2.24) is 0 Å². The van der Waals surface area contributed by atoms with E-state index in [9.17, 15) is 0 Å². The third-order valence-corrected chi connectivity index (χ3v) is 1.94. The number of benzene rings is 1. The Hall–Kier alpha value is -1.56. The Morgan fingerprint density at radius 2 is 1.61 bits per heavy atom. The van der Waals surface area contributed by atoms with Crippen LogP contribution in [0.1, 0.15) is 46.6 Å². The van der Waals surface area contributed by atoms with E-state index in [0.717, 1.165) is 6.42 Å². The second-order valence-corrected chi connectivity index (χ2v) is 3.06. The summed E-state index contributed by atoms with van der Waals surface area (Å²) in [5.74, 6) is 0. The first kappa shape index (κ1) is 18.8. The molecule has 0 heterocycles. The topological polar surface area (TPSA) is 0 Å². The van der Waals surface area contributed by atoms with Crippen LogP contribution >= 0.6 is 0 Å². The van der Waals surface area contributed by atoms with Crippen molar-refractivity contribution >= 4 is 6.08 Å². The number of rotatable bonds is 4. The van der Waals surface area contributed by atoms with E-state index in [2.05, 4.69) is 43.9 Å². The SMILES string of the molecule is C=CC(/C=C/c1ccccc1)=C\CC.CC.CC. The van der Waals surface area contributed by atoms with E-state index in [4.69, 9.17) is 0 Å². The zero-order valence-electron chi connectivity index (χ0n) is 12.6. The quantitative estimate of drug-likeness (QED) is 0.547. The normalized spacial score (nSPS) is 9.94. The minimum atomic E-state index is 1.04. The molecule has 1 rings (SSSR count). The molecule has 0 saturated heterocycles. The highest BCUT2D eigenvalue weighted by Crippen LogP contribution is 2.06. The molecule has 0 radical (unpaired) electrons. The van der Waals surface area contributed by atoms with Crippen molar-refractivity contribution < 1.29 is 0 Å². The van der Waals surface area contributed by atoms with Crippen LogP contribution < -0.4 is 0 Å². The molecule has 0 spiro atoms. The van der Waals surface area contributed by atoms with Crippen LogP contribution in [0.15, 0.2) is 60.7 Å². The maximum Gasteiger partial charge on any atom is -0.0256 e. The molecule has 0 saturated carbocycles.